The average Bonchev–Trinajstić information content (AvgIpc) is 3.00. The molecule has 0 amide bonds. The minimum atomic E-state index is -3.61. The number of rotatable bonds is 7. The summed E-state index contributed by atoms with van der Waals surface area (Å²) in [5.74, 6) is 0.572. The zero-order valence-electron chi connectivity index (χ0n) is 11.2. The van der Waals surface area contributed by atoms with Crippen LogP contribution in [0.25, 0.3) is 0 Å². The van der Waals surface area contributed by atoms with Crippen LogP contribution in [0.15, 0.2) is 36.0 Å². The second-order valence-corrected chi connectivity index (χ2v) is 8.55. The molecule has 0 aromatic carbocycles. The van der Waals surface area contributed by atoms with Gasteiger partial charge in [-0.05, 0) is 44.5 Å². The van der Waals surface area contributed by atoms with Crippen LogP contribution in [-0.2, 0) is 23.1 Å². The molecule has 0 saturated carbocycles. The Hall–Kier alpha value is -0.190. The Balaban J connectivity index is 2.09. The van der Waals surface area contributed by atoms with E-state index in [4.69, 9.17) is 4.42 Å². The van der Waals surface area contributed by atoms with E-state index in [1.54, 1.807) is 0 Å². The molecule has 9 heteroatoms. The number of thiophene rings is 1. The molecule has 2 rings (SSSR count). The van der Waals surface area contributed by atoms with E-state index in [-0.39, 0.29) is 16.1 Å². The molecule has 0 aliphatic rings. The van der Waals surface area contributed by atoms with Gasteiger partial charge in [0.05, 0.1) is 6.54 Å². The van der Waals surface area contributed by atoms with Crippen LogP contribution in [0.1, 0.15) is 17.6 Å². The molecule has 2 aromatic rings. The van der Waals surface area contributed by atoms with Crippen molar-refractivity contribution < 1.29 is 12.8 Å². The Labute approximate surface area is 144 Å². The molecule has 21 heavy (non-hydrogen) atoms. The Morgan fingerprint density at radius 1 is 1.29 bits per heavy atom. The van der Waals surface area contributed by atoms with Gasteiger partial charge in [-0.25, -0.2) is 13.1 Å². The van der Waals surface area contributed by atoms with Crippen molar-refractivity contribution in [1.29, 1.82) is 0 Å². The molecule has 0 atom stereocenters. The van der Waals surface area contributed by atoms with Crippen molar-refractivity contribution in [3.8, 4) is 0 Å². The maximum atomic E-state index is 12.3. The summed E-state index contributed by atoms with van der Waals surface area (Å²) >= 11 is 7.98. The number of hydrogen-bond donors (Lipinski definition) is 2. The SMILES string of the molecule is CCNCc1cc(S(=O)(=O)NCc2cc(Br)cs2)c(Br)o1. The highest BCUT2D eigenvalue weighted by atomic mass is 79.9. The number of nitrogens with one attached hydrogen (secondary N) is 2. The van der Waals surface area contributed by atoms with Crippen LogP contribution in [-0.4, -0.2) is 15.0 Å². The summed E-state index contributed by atoms with van der Waals surface area (Å²) in [6, 6.07) is 3.41. The summed E-state index contributed by atoms with van der Waals surface area (Å²) in [5, 5.41) is 4.99. The predicted octanol–water partition coefficient (Wildman–Crippen LogP) is 3.45. The van der Waals surface area contributed by atoms with Crippen molar-refractivity contribution in [2.45, 2.75) is 24.9 Å². The van der Waals surface area contributed by atoms with Crippen LogP contribution in [0.2, 0.25) is 0 Å². The first-order valence-electron chi connectivity index (χ1n) is 6.14. The molecule has 0 fully saturated rings. The summed E-state index contributed by atoms with van der Waals surface area (Å²) in [5.41, 5.74) is 0. The summed E-state index contributed by atoms with van der Waals surface area (Å²) in [4.78, 5) is 1.05. The van der Waals surface area contributed by atoms with E-state index >= 15 is 0 Å². The summed E-state index contributed by atoms with van der Waals surface area (Å²) in [6.45, 7) is 3.49. The van der Waals surface area contributed by atoms with Crippen molar-refractivity contribution in [1.82, 2.24) is 10.0 Å². The lowest BCUT2D eigenvalue weighted by atomic mass is 10.4. The van der Waals surface area contributed by atoms with Gasteiger partial charge in [0.25, 0.3) is 0 Å². The molecule has 0 aliphatic heterocycles. The van der Waals surface area contributed by atoms with E-state index in [2.05, 4.69) is 41.9 Å². The molecular formula is C12H14Br2N2O3S2. The molecule has 0 saturated heterocycles. The molecule has 2 heterocycles. The monoisotopic (exact) mass is 456 g/mol. The van der Waals surface area contributed by atoms with Gasteiger partial charge < -0.3 is 9.73 Å². The molecule has 0 unspecified atom stereocenters. The van der Waals surface area contributed by atoms with Gasteiger partial charge in [0, 0.05) is 27.3 Å². The smallest absolute Gasteiger partial charge is 0.245 e. The van der Waals surface area contributed by atoms with Crippen LogP contribution in [0, 0.1) is 0 Å². The van der Waals surface area contributed by atoms with E-state index in [1.165, 1.54) is 17.4 Å². The summed E-state index contributed by atoms with van der Waals surface area (Å²) in [6.07, 6.45) is 0. The largest absolute Gasteiger partial charge is 0.452 e. The lowest BCUT2D eigenvalue weighted by Crippen LogP contribution is -2.22. The van der Waals surface area contributed by atoms with Crippen LogP contribution in [0.3, 0.4) is 0 Å². The highest BCUT2D eigenvalue weighted by Gasteiger charge is 2.22. The van der Waals surface area contributed by atoms with Crippen molar-refractivity contribution in [2.24, 2.45) is 0 Å². The maximum Gasteiger partial charge on any atom is 0.245 e. The van der Waals surface area contributed by atoms with Crippen molar-refractivity contribution in [3.05, 3.63) is 37.3 Å². The van der Waals surface area contributed by atoms with Gasteiger partial charge in [0.1, 0.15) is 10.7 Å². The van der Waals surface area contributed by atoms with Crippen LogP contribution < -0.4 is 10.0 Å². The minimum Gasteiger partial charge on any atom is -0.452 e. The van der Waals surface area contributed by atoms with Crippen molar-refractivity contribution >= 4 is 53.2 Å². The van der Waals surface area contributed by atoms with Gasteiger partial charge in [-0.15, -0.1) is 11.3 Å². The Morgan fingerprint density at radius 3 is 2.67 bits per heavy atom. The van der Waals surface area contributed by atoms with Crippen molar-refractivity contribution in [3.63, 3.8) is 0 Å². The van der Waals surface area contributed by atoms with Gasteiger partial charge in [0.15, 0.2) is 4.67 Å². The van der Waals surface area contributed by atoms with E-state index in [9.17, 15) is 8.42 Å². The van der Waals surface area contributed by atoms with Gasteiger partial charge in [-0.3, -0.25) is 0 Å². The first-order chi connectivity index (χ1) is 9.92. The van der Waals surface area contributed by atoms with Crippen LogP contribution in [0.5, 0.6) is 0 Å². The van der Waals surface area contributed by atoms with Gasteiger partial charge in [0.2, 0.25) is 10.0 Å². The average molecular weight is 458 g/mol. The summed E-state index contributed by atoms with van der Waals surface area (Å²) in [7, 11) is -3.61. The maximum absolute atomic E-state index is 12.3. The Kier molecular flexibility index (Phi) is 6.04. The quantitative estimate of drug-likeness (QED) is 0.667. The highest BCUT2D eigenvalue weighted by molar-refractivity contribution is 9.10. The van der Waals surface area contributed by atoms with E-state index in [1.807, 2.05) is 18.4 Å². The first-order valence-corrected chi connectivity index (χ1v) is 10.1. The fourth-order valence-corrected chi connectivity index (χ4v) is 5.09. The third-order valence-corrected chi connectivity index (χ3v) is 6.56. The van der Waals surface area contributed by atoms with Crippen LogP contribution in [0.4, 0.5) is 0 Å². The molecule has 0 bridgehead atoms. The van der Waals surface area contributed by atoms with E-state index in [0.29, 0.717) is 12.3 Å². The molecule has 2 N–H and O–H groups in total. The number of halogens is 2. The fourth-order valence-electron chi connectivity index (χ4n) is 1.61. The second kappa shape index (κ2) is 7.38. The van der Waals surface area contributed by atoms with Gasteiger partial charge in [-0.1, -0.05) is 6.92 Å². The predicted molar refractivity (Wildman–Crippen MR) is 89.8 cm³/mol. The topological polar surface area (TPSA) is 71.3 Å². The molecular weight excluding hydrogens is 444 g/mol. The summed E-state index contributed by atoms with van der Waals surface area (Å²) < 4.78 is 33.7. The van der Waals surface area contributed by atoms with Crippen LogP contribution >= 0.6 is 43.2 Å². The highest BCUT2D eigenvalue weighted by Crippen LogP contribution is 2.27. The first kappa shape index (κ1) is 17.2. The fraction of sp³-hybridized carbons (Fsp3) is 0.333. The third kappa shape index (κ3) is 4.64. The van der Waals surface area contributed by atoms with E-state index in [0.717, 1.165) is 15.9 Å². The van der Waals surface area contributed by atoms with E-state index < -0.39 is 10.0 Å². The zero-order valence-corrected chi connectivity index (χ0v) is 16.0. The molecule has 0 aliphatic carbocycles. The third-order valence-electron chi connectivity index (χ3n) is 2.60. The van der Waals surface area contributed by atoms with Crippen molar-refractivity contribution in [2.75, 3.05) is 6.54 Å². The number of hydrogen-bond acceptors (Lipinski definition) is 5. The number of sulfonamides is 1. The normalized spacial score (nSPS) is 12.0. The Bertz CT molecular complexity index is 710. The molecule has 0 radical (unpaired) electrons. The Morgan fingerprint density at radius 2 is 2.05 bits per heavy atom. The standard InChI is InChI=1S/C12H14Br2N2O3S2/c1-2-15-5-9-4-11(12(14)19-9)21(17,18)16-6-10-3-8(13)7-20-10/h3-4,7,15-16H,2,5-6H2,1H3. The lowest BCUT2D eigenvalue weighted by Gasteiger charge is -2.03. The molecule has 5 nitrogen and oxygen atoms in total. The molecule has 116 valence electrons. The zero-order chi connectivity index (χ0) is 15.5. The van der Waals surface area contributed by atoms with Gasteiger partial charge in [-0.2, -0.15) is 0 Å². The van der Waals surface area contributed by atoms with Gasteiger partial charge >= 0.3 is 0 Å². The molecule has 2 aromatic heterocycles. The lowest BCUT2D eigenvalue weighted by molar-refractivity contribution is 0.464. The second-order valence-electron chi connectivity index (χ2n) is 4.19. The molecule has 0 spiro atoms. The minimum absolute atomic E-state index is 0.117. The number of furan rings is 1.